The Kier molecular flexibility index (Phi) is 11.8. The summed E-state index contributed by atoms with van der Waals surface area (Å²) in [4.78, 5) is 55.2. The van der Waals surface area contributed by atoms with Gasteiger partial charge in [0.2, 0.25) is 11.8 Å². The average Bonchev–Trinajstić information content (AvgIpc) is 2.86. The number of benzene rings is 2. The van der Waals surface area contributed by atoms with Crippen molar-refractivity contribution in [2.45, 2.75) is 111 Å². The van der Waals surface area contributed by atoms with Gasteiger partial charge in [0, 0.05) is 18.0 Å². The fourth-order valence-electron chi connectivity index (χ4n) is 4.44. The van der Waals surface area contributed by atoms with Crippen LogP contribution in [0.5, 0.6) is 5.75 Å². The Morgan fingerprint density at radius 3 is 1.95 bits per heavy atom. The second-order valence-corrected chi connectivity index (χ2v) is 12.9. The molecule has 43 heavy (non-hydrogen) atoms. The molecule has 0 saturated heterocycles. The molecule has 0 spiro atoms. The van der Waals surface area contributed by atoms with Gasteiger partial charge in [-0.2, -0.15) is 0 Å². The molecule has 10 heteroatoms. The molecule has 0 aromatic heterocycles. The lowest BCUT2D eigenvalue weighted by Crippen LogP contribution is -2.56. The molecule has 3 N–H and O–H groups in total. The first-order valence-electron chi connectivity index (χ1n) is 14.5. The van der Waals surface area contributed by atoms with Crippen molar-refractivity contribution in [3.63, 3.8) is 0 Å². The Balaban J connectivity index is 2.56. The van der Waals surface area contributed by atoms with E-state index in [9.17, 15) is 24.3 Å². The number of phenolic OH excluding ortho intramolecular Hbond substituents is 1. The Hall–Kier alpha value is -4.08. The number of alkyl carbamates (subject to hydrolysis) is 1. The van der Waals surface area contributed by atoms with Gasteiger partial charge in [0.1, 0.15) is 35.1 Å². The third-order valence-corrected chi connectivity index (χ3v) is 6.30. The highest BCUT2D eigenvalue weighted by Crippen LogP contribution is 2.33. The van der Waals surface area contributed by atoms with Gasteiger partial charge in [-0.25, -0.2) is 9.59 Å². The molecule has 0 aliphatic rings. The second kappa shape index (κ2) is 14.4. The van der Waals surface area contributed by atoms with Crippen LogP contribution in [0.2, 0.25) is 0 Å². The number of carbonyl (C=O) groups excluding carboxylic acids is 4. The van der Waals surface area contributed by atoms with Crippen molar-refractivity contribution in [1.82, 2.24) is 15.5 Å². The molecule has 3 amide bonds. The fraction of sp³-hybridized carbons (Fsp3) is 0.515. The van der Waals surface area contributed by atoms with Gasteiger partial charge >= 0.3 is 12.1 Å². The third kappa shape index (κ3) is 10.6. The van der Waals surface area contributed by atoms with Crippen molar-refractivity contribution in [3.8, 4) is 5.75 Å². The quantitative estimate of drug-likeness (QED) is 0.330. The van der Waals surface area contributed by atoms with Gasteiger partial charge in [0.05, 0.1) is 0 Å². The van der Waals surface area contributed by atoms with Crippen LogP contribution >= 0.6 is 0 Å². The van der Waals surface area contributed by atoms with Crippen LogP contribution < -0.4 is 10.6 Å². The number of hydrogen-bond donors (Lipinski definition) is 3. The van der Waals surface area contributed by atoms with Crippen LogP contribution in [0.4, 0.5) is 4.79 Å². The summed E-state index contributed by atoms with van der Waals surface area (Å²) in [5.74, 6) is -2.08. The fourth-order valence-corrected chi connectivity index (χ4v) is 4.44. The van der Waals surface area contributed by atoms with Crippen LogP contribution in [0.15, 0.2) is 48.5 Å². The molecule has 0 aliphatic carbocycles. The Morgan fingerprint density at radius 2 is 1.42 bits per heavy atom. The highest BCUT2D eigenvalue weighted by molar-refractivity contribution is 5.94. The third-order valence-electron chi connectivity index (χ3n) is 6.30. The number of phenols is 1. The minimum Gasteiger partial charge on any atom is -0.507 e. The summed E-state index contributed by atoms with van der Waals surface area (Å²) in [6.45, 7) is 16.9. The number of carbonyl (C=O) groups is 4. The van der Waals surface area contributed by atoms with Crippen LogP contribution in [0.1, 0.15) is 85.0 Å². The van der Waals surface area contributed by atoms with Crippen molar-refractivity contribution in [2.75, 3.05) is 0 Å². The van der Waals surface area contributed by atoms with Crippen molar-refractivity contribution < 1.29 is 33.8 Å². The summed E-state index contributed by atoms with van der Waals surface area (Å²) >= 11 is 0. The van der Waals surface area contributed by atoms with Crippen LogP contribution in [0, 0.1) is 6.92 Å². The van der Waals surface area contributed by atoms with E-state index in [2.05, 4.69) is 10.6 Å². The lowest BCUT2D eigenvalue weighted by atomic mass is 9.97. The maximum Gasteiger partial charge on any atom is 0.408 e. The molecule has 0 heterocycles. The number of amides is 3. The summed E-state index contributed by atoms with van der Waals surface area (Å²) < 4.78 is 10.9. The summed E-state index contributed by atoms with van der Waals surface area (Å²) in [7, 11) is 0. The molecule has 10 nitrogen and oxygen atoms in total. The van der Waals surface area contributed by atoms with Gasteiger partial charge < -0.3 is 30.1 Å². The predicted molar refractivity (Wildman–Crippen MR) is 164 cm³/mol. The lowest BCUT2D eigenvalue weighted by Gasteiger charge is -2.37. The summed E-state index contributed by atoms with van der Waals surface area (Å²) in [5.41, 5.74) is -0.129. The topological polar surface area (TPSA) is 134 Å². The molecular weight excluding hydrogens is 550 g/mol. The molecule has 2 aromatic rings. The molecule has 0 saturated carbocycles. The van der Waals surface area contributed by atoms with E-state index in [4.69, 9.17) is 9.47 Å². The first-order chi connectivity index (χ1) is 19.8. The number of aromatic hydroxyl groups is 1. The van der Waals surface area contributed by atoms with E-state index in [1.807, 2.05) is 30.3 Å². The molecule has 0 radical (unpaired) electrons. The molecule has 2 rings (SSSR count). The number of nitrogens with zero attached hydrogens (tertiary/aromatic N) is 1. The number of esters is 1. The maximum absolute atomic E-state index is 14.2. The first kappa shape index (κ1) is 35.1. The maximum atomic E-state index is 14.2. The summed E-state index contributed by atoms with van der Waals surface area (Å²) in [6.07, 6.45) is -0.649. The first-order valence-corrected chi connectivity index (χ1v) is 14.5. The lowest BCUT2D eigenvalue weighted by molar-refractivity contribution is -0.159. The number of rotatable bonds is 10. The molecular formula is C33H47N3O7. The summed E-state index contributed by atoms with van der Waals surface area (Å²) in [6, 6.07) is 10.0. The predicted octanol–water partition coefficient (Wildman–Crippen LogP) is 4.96. The van der Waals surface area contributed by atoms with E-state index in [0.717, 1.165) is 5.56 Å². The van der Waals surface area contributed by atoms with Crippen LogP contribution in [-0.4, -0.2) is 63.2 Å². The van der Waals surface area contributed by atoms with Crippen molar-refractivity contribution in [3.05, 3.63) is 65.2 Å². The van der Waals surface area contributed by atoms with Crippen LogP contribution in [0.3, 0.4) is 0 Å². The minimum absolute atomic E-state index is 0.139. The zero-order chi connectivity index (χ0) is 32.7. The minimum atomic E-state index is -1.35. The summed E-state index contributed by atoms with van der Waals surface area (Å²) in [5, 5.41) is 16.4. The molecule has 0 bridgehead atoms. The number of ether oxygens (including phenoxy) is 2. The number of aryl methyl sites for hydroxylation is 1. The standard InChI is InChI=1S/C33H47N3O7/c1-20(2)36(29(39)22(4)34-31(41)43-33(8,9)10)26(24-18-14-15-21(3)27(24)37)28(38)35-25(30(40)42-32(5,6)7)19-23-16-12-11-13-17-23/h11-18,20,22,25-26,37H,19H2,1-10H3,(H,34,41)(H,35,38). The SMILES string of the molecule is Cc1cccc(C(C(=O)NC(Cc2ccccc2)C(=O)OC(C)(C)C)N(C(=O)C(C)NC(=O)OC(C)(C)C)C(C)C)c1O. The average molecular weight is 598 g/mol. The number of para-hydroxylation sites is 1. The number of hydrogen-bond acceptors (Lipinski definition) is 7. The number of nitrogens with one attached hydrogen (secondary N) is 2. The Labute approximate surface area is 255 Å². The van der Waals surface area contributed by atoms with Gasteiger partial charge in [-0.15, -0.1) is 0 Å². The van der Waals surface area contributed by atoms with Gasteiger partial charge in [0.25, 0.3) is 0 Å². The largest absolute Gasteiger partial charge is 0.507 e. The molecule has 2 aromatic carbocycles. The van der Waals surface area contributed by atoms with E-state index in [0.29, 0.717) is 5.56 Å². The zero-order valence-corrected chi connectivity index (χ0v) is 27.0. The molecule has 3 unspecified atom stereocenters. The Bertz CT molecular complexity index is 1280. The van der Waals surface area contributed by atoms with E-state index in [1.165, 1.54) is 11.8 Å². The molecule has 236 valence electrons. The van der Waals surface area contributed by atoms with Crippen molar-refractivity contribution in [1.29, 1.82) is 0 Å². The van der Waals surface area contributed by atoms with Gasteiger partial charge in [-0.3, -0.25) is 9.59 Å². The van der Waals surface area contributed by atoms with E-state index in [-0.39, 0.29) is 17.7 Å². The van der Waals surface area contributed by atoms with Crippen LogP contribution in [-0.2, 0) is 30.3 Å². The van der Waals surface area contributed by atoms with Gasteiger partial charge in [-0.1, -0.05) is 48.5 Å². The zero-order valence-electron chi connectivity index (χ0n) is 27.0. The smallest absolute Gasteiger partial charge is 0.408 e. The van der Waals surface area contributed by atoms with E-state index in [1.54, 1.807) is 80.5 Å². The van der Waals surface area contributed by atoms with E-state index < -0.39 is 59.2 Å². The van der Waals surface area contributed by atoms with Gasteiger partial charge in [-0.05, 0) is 80.4 Å². The van der Waals surface area contributed by atoms with Crippen molar-refractivity contribution in [2.24, 2.45) is 0 Å². The second-order valence-electron chi connectivity index (χ2n) is 12.9. The van der Waals surface area contributed by atoms with Crippen LogP contribution in [0.25, 0.3) is 0 Å². The molecule has 0 fully saturated rings. The molecule has 0 aliphatic heterocycles. The monoisotopic (exact) mass is 597 g/mol. The molecule has 3 atom stereocenters. The highest BCUT2D eigenvalue weighted by Gasteiger charge is 2.39. The van der Waals surface area contributed by atoms with Gasteiger partial charge in [0.15, 0.2) is 0 Å². The Morgan fingerprint density at radius 1 is 0.837 bits per heavy atom. The van der Waals surface area contributed by atoms with Crippen molar-refractivity contribution >= 4 is 23.9 Å². The van der Waals surface area contributed by atoms with E-state index >= 15 is 0 Å². The highest BCUT2D eigenvalue weighted by atomic mass is 16.6. The normalized spacial score (nSPS) is 13.8.